The van der Waals surface area contributed by atoms with Gasteiger partial charge in [-0.1, -0.05) is 18.2 Å². The number of piperidine rings is 3. The van der Waals surface area contributed by atoms with E-state index in [1.807, 2.05) is 17.0 Å². The molecule has 0 radical (unpaired) electrons. The zero-order valence-corrected chi connectivity index (χ0v) is 18.3. The number of nitrogens with one attached hydrogen (secondary N) is 2. The number of amides is 3. The molecule has 3 amide bonds. The van der Waals surface area contributed by atoms with E-state index in [9.17, 15) is 14.0 Å². The molecule has 2 bridgehead atoms. The van der Waals surface area contributed by atoms with E-state index in [1.54, 1.807) is 25.2 Å². The predicted molar refractivity (Wildman–Crippen MR) is 120 cm³/mol. The third kappa shape index (κ3) is 3.86. The zero-order valence-electron chi connectivity index (χ0n) is 18.3. The second-order valence-corrected chi connectivity index (χ2v) is 9.08. The van der Waals surface area contributed by atoms with Gasteiger partial charge < -0.3 is 20.4 Å². The molecule has 7 heteroatoms. The van der Waals surface area contributed by atoms with Crippen LogP contribution in [0.3, 0.4) is 0 Å². The van der Waals surface area contributed by atoms with Crippen molar-refractivity contribution in [2.75, 3.05) is 33.2 Å². The van der Waals surface area contributed by atoms with Gasteiger partial charge in [0.1, 0.15) is 5.82 Å². The van der Waals surface area contributed by atoms with Crippen molar-refractivity contribution in [1.29, 1.82) is 0 Å². The molecule has 3 fully saturated rings. The molecule has 0 aliphatic carbocycles. The molecule has 4 aliphatic heterocycles. The number of halogens is 1. The SMILES string of the molecule is CNC(=O)c1ccc2c(c1)CCN(C(=O)N[C@@H]1CN3CCC1CC3)[C@@H]2c1ccc(F)cc1. The number of rotatable bonds is 3. The van der Waals surface area contributed by atoms with Crippen LogP contribution in [0.5, 0.6) is 0 Å². The van der Waals surface area contributed by atoms with Gasteiger partial charge in [-0.15, -0.1) is 0 Å². The van der Waals surface area contributed by atoms with Crippen molar-refractivity contribution in [1.82, 2.24) is 20.4 Å². The van der Waals surface area contributed by atoms with Gasteiger partial charge in [-0.25, -0.2) is 9.18 Å². The molecule has 4 heterocycles. The van der Waals surface area contributed by atoms with Crippen LogP contribution in [0.4, 0.5) is 9.18 Å². The first-order valence-corrected chi connectivity index (χ1v) is 11.4. The minimum Gasteiger partial charge on any atom is -0.355 e. The first-order valence-electron chi connectivity index (χ1n) is 11.4. The van der Waals surface area contributed by atoms with Crippen molar-refractivity contribution >= 4 is 11.9 Å². The Morgan fingerprint density at radius 2 is 1.78 bits per heavy atom. The normalized spacial score (nSPS) is 26.4. The van der Waals surface area contributed by atoms with Crippen LogP contribution in [0.25, 0.3) is 0 Å². The first kappa shape index (κ1) is 20.9. The van der Waals surface area contributed by atoms with Crippen LogP contribution < -0.4 is 10.6 Å². The molecule has 6 nitrogen and oxygen atoms in total. The summed E-state index contributed by atoms with van der Waals surface area (Å²) in [6.45, 7) is 3.71. The standard InChI is InChI=1S/C25H29FN4O2/c1-27-24(31)19-4-7-21-18(14-19)10-13-30(23(21)17-2-5-20(26)6-3-17)25(32)28-22-15-29-11-8-16(22)9-12-29/h2-7,14,16,22-23H,8-13,15H2,1H3,(H,27,31)(H,28,32)/t22-,23-/m1/s1. The molecular formula is C25H29FN4O2. The fraction of sp³-hybridized carbons (Fsp3) is 0.440. The molecule has 2 aromatic rings. The third-order valence-corrected chi connectivity index (χ3v) is 7.27. The number of fused-ring (bicyclic) bond motifs is 4. The van der Waals surface area contributed by atoms with E-state index in [4.69, 9.17) is 0 Å². The molecule has 6 rings (SSSR count). The van der Waals surface area contributed by atoms with Crippen molar-refractivity contribution < 1.29 is 14.0 Å². The van der Waals surface area contributed by atoms with Gasteiger partial charge >= 0.3 is 6.03 Å². The molecular weight excluding hydrogens is 407 g/mol. The number of benzene rings is 2. The molecule has 168 valence electrons. The highest BCUT2D eigenvalue weighted by atomic mass is 19.1. The largest absolute Gasteiger partial charge is 0.355 e. The second kappa shape index (κ2) is 8.54. The summed E-state index contributed by atoms with van der Waals surface area (Å²) in [5.74, 6) is 0.108. The van der Waals surface area contributed by atoms with Crippen molar-refractivity contribution in [3.05, 3.63) is 70.5 Å². The van der Waals surface area contributed by atoms with Crippen molar-refractivity contribution in [2.24, 2.45) is 5.92 Å². The number of nitrogens with zero attached hydrogens (tertiary/aromatic N) is 2. The van der Waals surface area contributed by atoms with Gasteiger partial charge in [0.2, 0.25) is 0 Å². The summed E-state index contributed by atoms with van der Waals surface area (Å²) in [4.78, 5) is 29.9. The van der Waals surface area contributed by atoms with Crippen molar-refractivity contribution in [2.45, 2.75) is 31.3 Å². The predicted octanol–water partition coefficient (Wildman–Crippen LogP) is 2.94. The highest BCUT2D eigenvalue weighted by Crippen LogP contribution is 2.36. The summed E-state index contributed by atoms with van der Waals surface area (Å²) in [5, 5.41) is 5.97. The maximum atomic E-state index is 13.6. The molecule has 0 spiro atoms. The van der Waals surface area contributed by atoms with Crippen LogP contribution >= 0.6 is 0 Å². The maximum absolute atomic E-state index is 13.6. The summed E-state index contributed by atoms with van der Waals surface area (Å²) in [7, 11) is 1.61. The summed E-state index contributed by atoms with van der Waals surface area (Å²) < 4.78 is 13.6. The van der Waals surface area contributed by atoms with Crippen LogP contribution in [0.1, 0.15) is 45.9 Å². The topological polar surface area (TPSA) is 64.7 Å². The van der Waals surface area contributed by atoms with Gasteiger partial charge in [-0.2, -0.15) is 0 Å². The van der Waals surface area contributed by atoms with Crippen LogP contribution in [0.15, 0.2) is 42.5 Å². The average molecular weight is 437 g/mol. The lowest BCUT2D eigenvalue weighted by atomic mass is 9.84. The second-order valence-electron chi connectivity index (χ2n) is 9.08. The van der Waals surface area contributed by atoms with Crippen molar-refractivity contribution in [3.63, 3.8) is 0 Å². The molecule has 4 aliphatic rings. The number of hydrogen-bond acceptors (Lipinski definition) is 3. The van der Waals surface area contributed by atoms with Gasteiger partial charge in [0.25, 0.3) is 5.91 Å². The van der Waals surface area contributed by atoms with E-state index in [1.165, 1.54) is 12.1 Å². The van der Waals surface area contributed by atoms with Crippen LogP contribution in [0, 0.1) is 11.7 Å². The summed E-state index contributed by atoms with van der Waals surface area (Å²) in [5.41, 5.74) is 3.50. The van der Waals surface area contributed by atoms with Gasteiger partial charge in [-0.3, -0.25) is 4.79 Å². The monoisotopic (exact) mass is 436 g/mol. The number of hydrogen-bond donors (Lipinski definition) is 2. The molecule has 2 N–H and O–H groups in total. The zero-order chi connectivity index (χ0) is 22.2. The Labute approximate surface area is 187 Å². The number of carbonyl (C=O) groups excluding carboxylic acids is 2. The Balaban J connectivity index is 1.46. The highest BCUT2D eigenvalue weighted by molar-refractivity contribution is 5.94. The molecule has 2 atom stereocenters. The summed E-state index contributed by atoms with van der Waals surface area (Å²) in [6.07, 6.45) is 2.94. The van der Waals surface area contributed by atoms with Gasteiger partial charge in [0.05, 0.1) is 6.04 Å². The lowest BCUT2D eigenvalue weighted by molar-refractivity contribution is 0.0715. The quantitative estimate of drug-likeness (QED) is 0.778. The molecule has 3 saturated heterocycles. The molecule has 2 aromatic carbocycles. The summed E-state index contributed by atoms with van der Waals surface area (Å²) in [6, 6.07) is 11.8. The Morgan fingerprint density at radius 3 is 2.44 bits per heavy atom. The van der Waals surface area contributed by atoms with E-state index < -0.39 is 0 Å². The molecule has 0 unspecified atom stereocenters. The minimum atomic E-state index is -0.320. The van der Waals surface area contributed by atoms with E-state index in [-0.39, 0.29) is 29.8 Å². The maximum Gasteiger partial charge on any atom is 0.318 e. The Kier molecular flexibility index (Phi) is 5.59. The van der Waals surface area contributed by atoms with E-state index >= 15 is 0 Å². The van der Waals surface area contributed by atoms with Crippen LogP contribution in [-0.2, 0) is 6.42 Å². The smallest absolute Gasteiger partial charge is 0.318 e. The fourth-order valence-electron chi connectivity index (χ4n) is 5.51. The number of carbonyl (C=O) groups is 2. The molecule has 32 heavy (non-hydrogen) atoms. The Hall–Kier alpha value is -2.93. The minimum absolute atomic E-state index is 0.0703. The molecule has 0 saturated carbocycles. The fourth-order valence-corrected chi connectivity index (χ4v) is 5.51. The summed E-state index contributed by atoms with van der Waals surface area (Å²) >= 11 is 0. The Bertz CT molecular complexity index is 1020. The van der Waals surface area contributed by atoms with E-state index in [0.717, 1.165) is 49.2 Å². The Morgan fingerprint density at radius 1 is 1.03 bits per heavy atom. The lowest BCUT2D eigenvalue weighted by Gasteiger charge is -2.46. The van der Waals surface area contributed by atoms with E-state index in [2.05, 4.69) is 15.5 Å². The van der Waals surface area contributed by atoms with Crippen LogP contribution in [-0.4, -0.2) is 61.0 Å². The molecule has 0 aromatic heterocycles. The first-order chi connectivity index (χ1) is 15.5. The van der Waals surface area contributed by atoms with Gasteiger partial charge in [-0.05, 0) is 79.2 Å². The third-order valence-electron chi connectivity index (χ3n) is 7.27. The average Bonchev–Trinajstić information content (AvgIpc) is 2.83. The van der Waals surface area contributed by atoms with E-state index in [0.29, 0.717) is 24.4 Å². The van der Waals surface area contributed by atoms with Crippen LogP contribution in [0.2, 0.25) is 0 Å². The van der Waals surface area contributed by atoms with Gasteiger partial charge in [0.15, 0.2) is 0 Å². The van der Waals surface area contributed by atoms with Gasteiger partial charge in [0, 0.05) is 31.7 Å². The highest BCUT2D eigenvalue weighted by Gasteiger charge is 2.38. The van der Waals surface area contributed by atoms with Crippen molar-refractivity contribution in [3.8, 4) is 0 Å². The lowest BCUT2D eigenvalue weighted by Crippen LogP contribution is -2.59. The number of urea groups is 1.